The molecule has 1 aromatic heterocycles. The van der Waals surface area contributed by atoms with Gasteiger partial charge in [-0.1, -0.05) is 66.7 Å². The van der Waals surface area contributed by atoms with E-state index in [2.05, 4.69) is 41.4 Å². The summed E-state index contributed by atoms with van der Waals surface area (Å²) >= 11 is 0. The number of carbonyl (C=O) groups excluding carboxylic acids is 1. The van der Waals surface area contributed by atoms with Gasteiger partial charge in [0.05, 0.1) is 5.52 Å². The van der Waals surface area contributed by atoms with Gasteiger partial charge in [0.15, 0.2) is 5.78 Å². The lowest BCUT2D eigenvalue weighted by Crippen LogP contribution is -1.96. The van der Waals surface area contributed by atoms with Crippen LogP contribution in [-0.4, -0.2) is 10.8 Å². The largest absolute Gasteiger partial charge is 0.354 e. The van der Waals surface area contributed by atoms with Gasteiger partial charge in [0.25, 0.3) is 0 Å². The van der Waals surface area contributed by atoms with Crippen LogP contribution < -0.4 is 0 Å². The van der Waals surface area contributed by atoms with E-state index in [4.69, 9.17) is 0 Å². The van der Waals surface area contributed by atoms with E-state index in [0.29, 0.717) is 0 Å². The van der Waals surface area contributed by atoms with Crippen molar-refractivity contribution in [3.8, 4) is 11.1 Å². The lowest BCUT2D eigenvalue weighted by molar-refractivity contribution is 0.104. The number of aromatic amines is 1. The maximum Gasteiger partial charge on any atom is 0.195 e. The van der Waals surface area contributed by atoms with Crippen LogP contribution in [0.4, 0.5) is 0 Å². The third kappa shape index (κ3) is 1.47. The fourth-order valence-electron chi connectivity index (χ4n) is 4.32. The van der Waals surface area contributed by atoms with Gasteiger partial charge in [0, 0.05) is 38.4 Å². The molecule has 1 aliphatic carbocycles. The third-order valence-corrected chi connectivity index (χ3v) is 5.34. The summed E-state index contributed by atoms with van der Waals surface area (Å²) in [5, 5.41) is 4.46. The molecule has 0 saturated carbocycles. The van der Waals surface area contributed by atoms with Crippen molar-refractivity contribution in [3.63, 3.8) is 0 Å². The van der Waals surface area contributed by atoms with Crippen LogP contribution >= 0.6 is 0 Å². The second kappa shape index (κ2) is 4.37. The minimum absolute atomic E-state index is 0.131. The molecular weight excluding hydrogens is 306 g/mol. The molecule has 4 aromatic carbocycles. The molecular formula is C23H13NO. The van der Waals surface area contributed by atoms with Gasteiger partial charge >= 0.3 is 0 Å². The van der Waals surface area contributed by atoms with E-state index in [1.807, 2.05) is 36.4 Å². The number of para-hydroxylation sites is 1. The number of benzene rings is 4. The van der Waals surface area contributed by atoms with E-state index in [-0.39, 0.29) is 5.78 Å². The molecule has 0 atom stereocenters. The Labute approximate surface area is 143 Å². The quantitative estimate of drug-likeness (QED) is 0.383. The minimum Gasteiger partial charge on any atom is -0.354 e. The van der Waals surface area contributed by atoms with Gasteiger partial charge in [-0.05, 0) is 17.0 Å². The highest BCUT2D eigenvalue weighted by Gasteiger charge is 2.31. The highest BCUT2D eigenvalue weighted by Crippen LogP contribution is 2.47. The van der Waals surface area contributed by atoms with E-state index in [0.717, 1.165) is 54.8 Å². The summed E-state index contributed by atoms with van der Waals surface area (Å²) in [5.41, 5.74) is 5.89. The van der Waals surface area contributed by atoms with Crippen molar-refractivity contribution in [3.05, 3.63) is 83.9 Å². The number of ketones is 1. The molecule has 116 valence electrons. The fraction of sp³-hybridized carbons (Fsp3) is 0. The van der Waals surface area contributed by atoms with Crippen LogP contribution in [0.2, 0.25) is 0 Å². The number of hydrogen-bond acceptors (Lipinski definition) is 1. The van der Waals surface area contributed by atoms with Gasteiger partial charge in [-0.25, -0.2) is 0 Å². The van der Waals surface area contributed by atoms with Crippen LogP contribution in [-0.2, 0) is 0 Å². The molecule has 0 radical (unpaired) electrons. The van der Waals surface area contributed by atoms with E-state index in [9.17, 15) is 4.79 Å². The van der Waals surface area contributed by atoms with Crippen LogP contribution in [0.3, 0.4) is 0 Å². The van der Waals surface area contributed by atoms with Gasteiger partial charge in [0.1, 0.15) is 0 Å². The molecule has 0 amide bonds. The molecule has 0 saturated heterocycles. The molecule has 6 rings (SSSR count). The van der Waals surface area contributed by atoms with Gasteiger partial charge in [0.2, 0.25) is 0 Å². The SMILES string of the molecule is O=C1c2ccccc2-c2c1c1c3ccccc3[nH]c1c1ccccc21. The normalized spacial score (nSPS) is 12.9. The molecule has 0 spiro atoms. The van der Waals surface area contributed by atoms with Gasteiger partial charge in [-0.15, -0.1) is 0 Å². The Bertz CT molecular complexity index is 1360. The molecule has 1 aliphatic rings. The Hall–Kier alpha value is -3.39. The van der Waals surface area contributed by atoms with Crippen LogP contribution in [0, 0.1) is 0 Å². The van der Waals surface area contributed by atoms with Crippen LogP contribution in [0.15, 0.2) is 72.8 Å². The summed E-state index contributed by atoms with van der Waals surface area (Å²) < 4.78 is 0. The van der Waals surface area contributed by atoms with Gasteiger partial charge in [-0.2, -0.15) is 0 Å². The first-order chi connectivity index (χ1) is 12.3. The van der Waals surface area contributed by atoms with Crippen molar-refractivity contribution >= 4 is 38.4 Å². The number of aromatic nitrogens is 1. The predicted octanol–water partition coefficient (Wildman–Crippen LogP) is 5.69. The standard InChI is InChI=1S/C23H13NO/c25-23-16-10-4-2-8-14(16)19-13-7-1-3-9-15(13)22-20(21(19)23)17-11-5-6-12-18(17)24-22/h1-12,24H. The van der Waals surface area contributed by atoms with E-state index >= 15 is 0 Å². The van der Waals surface area contributed by atoms with Gasteiger partial charge in [-0.3, -0.25) is 4.79 Å². The molecule has 2 heteroatoms. The first-order valence-electron chi connectivity index (χ1n) is 8.44. The zero-order valence-electron chi connectivity index (χ0n) is 13.3. The molecule has 2 nitrogen and oxygen atoms in total. The summed E-state index contributed by atoms with van der Waals surface area (Å²) in [6, 6.07) is 24.5. The molecule has 1 N–H and O–H groups in total. The number of carbonyl (C=O) groups is 1. The number of fused-ring (bicyclic) bond motifs is 10. The monoisotopic (exact) mass is 319 g/mol. The number of nitrogens with one attached hydrogen (secondary N) is 1. The molecule has 0 fully saturated rings. The Morgan fingerprint density at radius 3 is 2.08 bits per heavy atom. The molecule has 1 heterocycles. The average molecular weight is 319 g/mol. The lowest BCUT2D eigenvalue weighted by Gasteiger charge is -2.08. The predicted molar refractivity (Wildman–Crippen MR) is 102 cm³/mol. The summed E-state index contributed by atoms with van der Waals surface area (Å²) in [6.45, 7) is 0. The van der Waals surface area contributed by atoms with Gasteiger partial charge < -0.3 is 4.98 Å². The first-order valence-corrected chi connectivity index (χ1v) is 8.44. The second-order valence-corrected chi connectivity index (χ2v) is 6.59. The second-order valence-electron chi connectivity index (χ2n) is 6.59. The van der Waals surface area contributed by atoms with Crippen molar-refractivity contribution < 1.29 is 4.79 Å². The van der Waals surface area contributed by atoms with Crippen molar-refractivity contribution in [2.45, 2.75) is 0 Å². The maximum absolute atomic E-state index is 13.3. The smallest absolute Gasteiger partial charge is 0.195 e. The highest BCUT2D eigenvalue weighted by atomic mass is 16.1. The Kier molecular flexibility index (Phi) is 2.26. The van der Waals surface area contributed by atoms with Crippen LogP contribution in [0.25, 0.3) is 43.7 Å². The van der Waals surface area contributed by atoms with Crippen LogP contribution in [0.1, 0.15) is 15.9 Å². The molecule has 5 aromatic rings. The van der Waals surface area contributed by atoms with E-state index in [1.165, 1.54) is 0 Å². The zero-order chi connectivity index (χ0) is 16.5. The van der Waals surface area contributed by atoms with E-state index in [1.54, 1.807) is 0 Å². The summed E-state index contributed by atoms with van der Waals surface area (Å²) in [5.74, 6) is 0.131. The lowest BCUT2D eigenvalue weighted by atomic mass is 9.93. The zero-order valence-corrected chi connectivity index (χ0v) is 13.3. The van der Waals surface area contributed by atoms with Crippen molar-refractivity contribution in [1.29, 1.82) is 0 Å². The first kappa shape index (κ1) is 13.0. The Morgan fingerprint density at radius 2 is 1.24 bits per heavy atom. The summed E-state index contributed by atoms with van der Waals surface area (Å²) in [6.07, 6.45) is 0. The number of rotatable bonds is 0. The highest BCUT2D eigenvalue weighted by molar-refractivity contribution is 6.37. The Morgan fingerprint density at radius 1 is 0.600 bits per heavy atom. The Balaban J connectivity index is 1.99. The van der Waals surface area contributed by atoms with Crippen molar-refractivity contribution in [2.75, 3.05) is 0 Å². The molecule has 0 bridgehead atoms. The van der Waals surface area contributed by atoms with Crippen molar-refractivity contribution in [1.82, 2.24) is 4.98 Å². The van der Waals surface area contributed by atoms with Crippen molar-refractivity contribution in [2.24, 2.45) is 0 Å². The molecule has 25 heavy (non-hydrogen) atoms. The van der Waals surface area contributed by atoms with E-state index < -0.39 is 0 Å². The summed E-state index contributed by atoms with van der Waals surface area (Å²) in [7, 11) is 0. The number of hydrogen-bond donors (Lipinski definition) is 1. The molecule has 0 unspecified atom stereocenters. The number of H-pyrrole nitrogens is 1. The molecule has 0 aliphatic heterocycles. The fourth-order valence-corrected chi connectivity index (χ4v) is 4.32. The summed E-state index contributed by atoms with van der Waals surface area (Å²) in [4.78, 5) is 16.8. The van der Waals surface area contributed by atoms with Crippen LogP contribution in [0.5, 0.6) is 0 Å². The topological polar surface area (TPSA) is 32.9 Å². The minimum atomic E-state index is 0.131. The maximum atomic E-state index is 13.3. The average Bonchev–Trinajstić information content (AvgIpc) is 3.19. The third-order valence-electron chi connectivity index (χ3n) is 5.34.